The van der Waals surface area contributed by atoms with Gasteiger partial charge in [0, 0.05) is 18.7 Å². The highest BCUT2D eigenvalue weighted by atomic mass is 19.1. The number of hydrogen-bond donors (Lipinski definition) is 3. The summed E-state index contributed by atoms with van der Waals surface area (Å²) in [6, 6.07) is 4.51. The van der Waals surface area contributed by atoms with Crippen LogP contribution in [-0.4, -0.2) is 47.9 Å². The summed E-state index contributed by atoms with van der Waals surface area (Å²) >= 11 is 0. The minimum Gasteiger partial charge on any atom is -0.480 e. The zero-order valence-electron chi connectivity index (χ0n) is 15.8. The second kappa shape index (κ2) is 9.29. The summed E-state index contributed by atoms with van der Waals surface area (Å²) in [6.07, 6.45) is 0.573. The summed E-state index contributed by atoms with van der Waals surface area (Å²) in [5, 5.41) is 13.6. The third-order valence-corrected chi connectivity index (χ3v) is 4.84. The summed E-state index contributed by atoms with van der Waals surface area (Å²) in [5.74, 6) is -3.77. The molecule has 3 unspecified atom stereocenters. The first-order valence-corrected chi connectivity index (χ1v) is 9.08. The van der Waals surface area contributed by atoms with Crippen molar-refractivity contribution in [1.82, 2.24) is 10.6 Å². The molecule has 9 heteroatoms. The van der Waals surface area contributed by atoms with Gasteiger partial charge < -0.3 is 20.6 Å². The van der Waals surface area contributed by atoms with E-state index >= 15 is 0 Å². The fraction of sp³-hybridized carbons (Fsp3) is 0.474. The van der Waals surface area contributed by atoms with Gasteiger partial charge in [-0.05, 0) is 30.2 Å². The van der Waals surface area contributed by atoms with Gasteiger partial charge in [-0.15, -0.1) is 0 Å². The van der Waals surface area contributed by atoms with Gasteiger partial charge >= 0.3 is 5.97 Å². The Labute approximate surface area is 162 Å². The fourth-order valence-corrected chi connectivity index (χ4v) is 3.00. The molecule has 1 aliphatic heterocycles. The van der Waals surface area contributed by atoms with Crippen LogP contribution in [0, 0.1) is 17.7 Å². The number of nitrogens with zero attached hydrogens (tertiary/aromatic N) is 1. The minimum atomic E-state index is -1.18. The molecule has 1 fully saturated rings. The van der Waals surface area contributed by atoms with Crippen molar-refractivity contribution in [3.05, 3.63) is 30.1 Å². The topological polar surface area (TPSA) is 116 Å². The first-order chi connectivity index (χ1) is 13.2. The number of benzene rings is 1. The lowest BCUT2D eigenvalue weighted by atomic mass is 9.97. The molecule has 8 nitrogen and oxygen atoms in total. The molecule has 3 atom stereocenters. The fourth-order valence-electron chi connectivity index (χ4n) is 3.00. The number of carboxylic acids is 1. The number of aliphatic carboxylic acids is 1. The second-order valence-corrected chi connectivity index (χ2v) is 6.87. The van der Waals surface area contributed by atoms with Crippen LogP contribution in [0.4, 0.5) is 10.1 Å². The summed E-state index contributed by atoms with van der Waals surface area (Å²) < 4.78 is 13.1. The smallest absolute Gasteiger partial charge is 0.322 e. The SMILES string of the molecule is CCC(C)C(NC(=O)C1CC(=O)N(c2ccc(F)cc2)C1)C(=O)NCC(=O)O. The van der Waals surface area contributed by atoms with E-state index in [1.165, 1.54) is 29.2 Å². The van der Waals surface area contributed by atoms with Crippen molar-refractivity contribution in [1.29, 1.82) is 0 Å². The maximum absolute atomic E-state index is 13.1. The molecule has 152 valence electrons. The Morgan fingerprint density at radius 2 is 1.93 bits per heavy atom. The number of hydrogen-bond acceptors (Lipinski definition) is 4. The van der Waals surface area contributed by atoms with E-state index in [-0.39, 0.29) is 24.8 Å². The highest BCUT2D eigenvalue weighted by Gasteiger charge is 2.37. The number of amides is 3. The Balaban J connectivity index is 2.04. The van der Waals surface area contributed by atoms with Crippen LogP contribution in [-0.2, 0) is 19.2 Å². The molecule has 1 saturated heterocycles. The number of carbonyl (C=O) groups is 4. The van der Waals surface area contributed by atoms with Crippen LogP contribution in [0.5, 0.6) is 0 Å². The third kappa shape index (κ3) is 5.28. The molecule has 0 radical (unpaired) electrons. The van der Waals surface area contributed by atoms with Gasteiger partial charge in [0.25, 0.3) is 0 Å². The lowest BCUT2D eigenvalue weighted by molar-refractivity contribution is -0.138. The second-order valence-electron chi connectivity index (χ2n) is 6.87. The third-order valence-electron chi connectivity index (χ3n) is 4.84. The number of halogens is 1. The van der Waals surface area contributed by atoms with Crippen molar-refractivity contribution < 1.29 is 28.7 Å². The maximum atomic E-state index is 13.1. The van der Waals surface area contributed by atoms with Gasteiger partial charge in [-0.25, -0.2) is 4.39 Å². The summed E-state index contributed by atoms with van der Waals surface area (Å²) in [6.45, 7) is 3.21. The van der Waals surface area contributed by atoms with Crippen molar-refractivity contribution in [2.75, 3.05) is 18.0 Å². The Kier molecular flexibility index (Phi) is 7.08. The molecular formula is C19H24FN3O5. The first-order valence-electron chi connectivity index (χ1n) is 9.08. The van der Waals surface area contributed by atoms with Gasteiger partial charge in [0.05, 0.1) is 5.92 Å². The number of carboxylic acid groups (broad SMARTS) is 1. The highest BCUT2D eigenvalue weighted by molar-refractivity contribution is 6.01. The summed E-state index contributed by atoms with van der Waals surface area (Å²) in [4.78, 5) is 49.3. The van der Waals surface area contributed by atoms with E-state index in [0.717, 1.165) is 0 Å². The van der Waals surface area contributed by atoms with Crippen molar-refractivity contribution in [3.8, 4) is 0 Å². The molecule has 1 aromatic carbocycles. The molecule has 3 N–H and O–H groups in total. The molecule has 0 aromatic heterocycles. The normalized spacial score (nSPS) is 18.5. The van der Waals surface area contributed by atoms with Crippen LogP contribution in [0.1, 0.15) is 26.7 Å². The van der Waals surface area contributed by atoms with Crippen LogP contribution in [0.3, 0.4) is 0 Å². The average molecular weight is 393 g/mol. The maximum Gasteiger partial charge on any atom is 0.322 e. The van der Waals surface area contributed by atoms with Crippen LogP contribution in [0.2, 0.25) is 0 Å². The molecule has 1 aliphatic rings. The number of rotatable bonds is 8. The molecule has 0 saturated carbocycles. The largest absolute Gasteiger partial charge is 0.480 e. The Morgan fingerprint density at radius 3 is 2.50 bits per heavy atom. The molecule has 0 spiro atoms. The van der Waals surface area contributed by atoms with Gasteiger partial charge in [-0.2, -0.15) is 0 Å². The zero-order valence-corrected chi connectivity index (χ0v) is 15.8. The number of anilines is 1. The monoisotopic (exact) mass is 393 g/mol. The van der Waals surface area contributed by atoms with Gasteiger partial charge in [-0.3, -0.25) is 19.2 Å². The van der Waals surface area contributed by atoms with Gasteiger partial charge in [-0.1, -0.05) is 20.3 Å². The van der Waals surface area contributed by atoms with E-state index in [0.29, 0.717) is 12.1 Å². The highest BCUT2D eigenvalue weighted by Crippen LogP contribution is 2.25. The predicted octanol–water partition coefficient (Wildman–Crippen LogP) is 0.910. The lowest BCUT2D eigenvalue weighted by Gasteiger charge is -2.24. The average Bonchev–Trinajstić information content (AvgIpc) is 3.05. The van der Waals surface area contributed by atoms with Crippen LogP contribution in [0.15, 0.2) is 24.3 Å². The van der Waals surface area contributed by atoms with E-state index in [4.69, 9.17) is 5.11 Å². The first kappa shape index (κ1) is 21.3. The van der Waals surface area contributed by atoms with Crippen LogP contribution in [0.25, 0.3) is 0 Å². The molecule has 0 bridgehead atoms. The summed E-state index contributed by atoms with van der Waals surface area (Å²) in [5.41, 5.74) is 0.499. The molecule has 0 aliphatic carbocycles. The standard InChI is InChI=1S/C19H24FN3O5/c1-3-11(2)17(19(28)21-9-16(25)26)22-18(27)12-8-15(24)23(10-12)14-6-4-13(20)5-7-14/h4-7,11-12,17H,3,8-10H2,1-2H3,(H,21,28)(H,22,27)(H,25,26). The summed E-state index contributed by atoms with van der Waals surface area (Å²) in [7, 11) is 0. The quantitative estimate of drug-likeness (QED) is 0.607. The van der Waals surface area contributed by atoms with Crippen LogP contribution >= 0.6 is 0 Å². The molecule has 28 heavy (non-hydrogen) atoms. The van der Waals surface area contributed by atoms with E-state index in [9.17, 15) is 23.6 Å². The molecular weight excluding hydrogens is 369 g/mol. The lowest BCUT2D eigenvalue weighted by Crippen LogP contribution is -2.52. The molecule has 3 amide bonds. The van der Waals surface area contributed by atoms with Gasteiger partial charge in [0.15, 0.2) is 0 Å². The van der Waals surface area contributed by atoms with Gasteiger partial charge in [0.1, 0.15) is 18.4 Å². The van der Waals surface area contributed by atoms with E-state index in [1.807, 2.05) is 6.92 Å². The minimum absolute atomic E-state index is 0.0207. The van der Waals surface area contributed by atoms with Crippen molar-refractivity contribution in [2.24, 2.45) is 11.8 Å². The Morgan fingerprint density at radius 1 is 1.29 bits per heavy atom. The van der Waals surface area contributed by atoms with E-state index in [2.05, 4.69) is 10.6 Å². The Hall–Kier alpha value is -2.97. The predicted molar refractivity (Wildman–Crippen MR) is 98.9 cm³/mol. The Bertz CT molecular complexity index is 752. The van der Waals surface area contributed by atoms with Crippen molar-refractivity contribution in [3.63, 3.8) is 0 Å². The van der Waals surface area contributed by atoms with Crippen molar-refractivity contribution >= 4 is 29.4 Å². The number of nitrogens with one attached hydrogen (secondary N) is 2. The molecule has 1 aromatic rings. The molecule has 1 heterocycles. The number of carbonyl (C=O) groups excluding carboxylic acids is 3. The van der Waals surface area contributed by atoms with Gasteiger partial charge in [0.2, 0.25) is 17.7 Å². The van der Waals surface area contributed by atoms with E-state index < -0.39 is 42.1 Å². The van der Waals surface area contributed by atoms with Crippen LogP contribution < -0.4 is 15.5 Å². The van der Waals surface area contributed by atoms with E-state index in [1.54, 1.807) is 6.92 Å². The molecule has 2 rings (SSSR count). The van der Waals surface area contributed by atoms with Crippen molar-refractivity contribution in [2.45, 2.75) is 32.7 Å². The zero-order chi connectivity index (χ0) is 20.8.